The zero-order valence-corrected chi connectivity index (χ0v) is 12.6. The Morgan fingerprint density at radius 3 is 2.81 bits per heavy atom. The lowest BCUT2D eigenvalue weighted by atomic mass is 10.0. The molecule has 0 saturated carbocycles. The highest BCUT2D eigenvalue weighted by Gasteiger charge is 2.35. The Morgan fingerprint density at radius 2 is 2.14 bits per heavy atom. The average Bonchev–Trinajstić information content (AvgIpc) is 3.01. The summed E-state index contributed by atoms with van der Waals surface area (Å²) in [6.07, 6.45) is 2.97. The monoisotopic (exact) mass is 286 g/mol. The average molecular weight is 286 g/mol. The van der Waals surface area contributed by atoms with Crippen LogP contribution in [0.1, 0.15) is 25.8 Å². The minimum Gasteiger partial charge on any atom is -0.481 e. The number of nitrogens with zero attached hydrogens (tertiary/aromatic N) is 2. The molecule has 0 radical (unpaired) electrons. The highest BCUT2D eigenvalue weighted by atomic mass is 16.4. The van der Waals surface area contributed by atoms with Crippen molar-refractivity contribution < 1.29 is 9.90 Å². The molecule has 2 atom stereocenters. The van der Waals surface area contributed by atoms with Gasteiger partial charge < -0.3 is 9.67 Å². The van der Waals surface area contributed by atoms with E-state index in [-0.39, 0.29) is 12.0 Å². The van der Waals surface area contributed by atoms with Crippen molar-refractivity contribution in [3.8, 4) is 0 Å². The molecule has 1 N–H and O–H groups in total. The summed E-state index contributed by atoms with van der Waals surface area (Å²) < 4.78 is 2.26. The van der Waals surface area contributed by atoms with E-state index in [0.717, 1.165) is 26.1 Å². The number of carbonyl (C=O) groups is 1. The van der Waals surface area contributed by atoms with Gasteiger partial charge in [0.2, 0.25) is 0 Å². The molecule has 3 rings (SSSR count). The molecule has 4 heteroatoms. The number of carboxylic acid groups (broad SMARTS) is 1. The number of fused-ring (bicyclic) bond motifs is 1. The standard InChI is InChI=1S/C17H22N2O2/c1-3-18-10-13(15-6-4-5-7-16(15)18)11-19-9-8-14(12(19)2)17(20)21/h4-7,10,12,14H,3,8-9,11H2,1-2H3,(H,20,21). The number of benzene rings is 1. The lowest BCUT2D eigenvalue weighted by Gasteiger charge is -2.22. The first-order chi connectivity index (χ1) is 10.1. The SMILES string of the molecule is CCn1cc(CN2CCC(C(=O)O)C2C)c2ccccc21. The molecule has 21 heavy (non-hydrogen) atoms. The molecule has 0 bridgehead atoms. The van der Waals surface area contributed by atoms with Crippen LogP contribution in [0.5, 0.6) is 0 Å². The zero-order valence-electron chi connectivity index (χ0n) is 12.6. The van der Waals surface area contributed by atoms with Gasteiger partial charge in [-0.1, -0.05) is 18.2 Å². The second kappa shape index (κ2) is 5.53. The maximum absolute atomic E-state index is 11.2. The van der Waals surface area contributed by atoms with E-state index in [0.29, 0.717) is 0 Å². The maximum Gasteiger partial charge on any atom is 0.308 e. The topological polar surface area (TPSA) is 45.5 Å². The van der Waals surface area contributed by atoms with Crippen molar-refractivity contribution in [2.45, 2.75) is 39.4 Å². The van der Waals surface area contributed by atoms with Crippen LogP contribution < -0.4 is 0 Å². The molecular weight excluding hydrogens is 264 g/mol. The van der Waals surface area contributed by atoms with E-state index >= 15 is 0 Å². The summed E-state index contributed by atoms with van der Waals surface area (Å²) >= 11 is 0. The predicted octanol–water partition coefficient (Wildman–Crippen LogP) is 2.96. The summed E-state index contributed by atoms with van der Waals surface area (Å²) in [5, 5.41) is 10.5. The van der Waals surface area contributed by atoms with Gasteiger partial charge >= 0.3 is 5.97 Å². The van der Waals surface area contributed by atoms with Crippen molar-refractivity contribution in [2.24, 2.45) is 5.92 Å². The smallest absolute Gasteiger partial charge is 0.308 e. The molecule has 1 aliphatic heterocycles. The van der Waals surface area contributed by atoms with Gasteiger partial charge in [0.1, 0.15) is 0 Å². The van der Waals surface area contributed by atoms with Gasteiger partial charge in [0.05, 0.1) is 5.92 Å². The van der Waals surface area contributed by atoms with Crippen LogP contribution in [0.15, 0.2) is 30.5 Å². The Kier molecular flexibility index (Phi) is 3.72. The van der Waals surface area contributed by atoms with Crippen molar-refractivity contribution >= 4 is 16.9 Å². The maximum atomic E-state index is 11.2. The Morgan fingerprint density at radius 1 is 1.38 bits per heavy atom. The fourth-order valence-corrected chi connectivity index (χ4v) is 3.49. The molecule has 2 aromatic rings. The second-order valence-corrected chi connectivity index (χ2v) is 5.90. The molecule has 0 amide bonds. The first-order valence-electron chi connectivity index (χ1n) is 7.65. The number of aryl methyl sites for hydroxylation is 1. The molecule has 1 aromatic heterocycles. The summed E-state index contributed by atoms with van der Waals surface area (Å²) in [6.45, 7) is 6.83. The van der Waals surface area contributed by atoms with E-state index < -0.39 is 5.97 Å². The van der Waals surface area contributed by atoms with Crippen LogP contribution in [0.25, 0.3) is 10.9 Å². The molecule has 2 unspecified atom stereocenters. The minimum absolute atomic E-state index is 0.103. The highest BCUT2D eigenvalue weighted by Crippen LogP contribution is 2.29. The molecule has 1 fully saturated rings. The van der Waals surface area contributed by atoms with Crippen LogP contribution in [0.4, 0.5) is 0 Å². The Bertz CT molecular complexity index is 662. The third kappa shape index (κ3) is 2.44. The number of hydrogen-bond donors (Lipinski definition) is 1. The van der Waals surface area contributed by atoms with Crippen LogP contribution in [0, 0.1) is 5.92 Å². The van der Waals surface area contributed by atoms with E-state index in [4.69, 9.17) is 0 Å². The number of hydrogen-bond acceptors (Lipinski definition) is 2. The van der Waals surface area contributed by atoms with Crippen LogP contribution in [0.2, 0.25) is 0 Å². The van der Waals surface area contributed by atoms with Gasteiger partial charge in [-0.25, -0.2) is 0 Å². The molecule has 1 saturated heterocycles. The van der Waals surface area contributed by atoms with Gasteiger partial charge in [-0.15, -0.1) is 0 Å². The quantitative estimate of drug-likeness (QED) is 0.940. The lowest BCUT2D eigenvalue weighted by molar-refractivity contribution is -0.142. The van der Waals surface area contributed by atoms with Gasteiger partial charge in [0.15, 0.2) is 0 Å². The van der Waals surface area contributed by atoms with E-state index in [9.17, 15) is 9.90 Å². The van der Waals surface area contributed by atoms with Crippen molar-refractivity contribution in [1.82, 2.24) is 9.47 Å². The third-order valence-corrected chi connectivity index (χ3v) is 4.79. The summed E-state index contributed by atoms with van der Waals surface area (Å²) in [4.78, 5) is 13.5. The third-order valence-electron chi connectivity index (χ3n) is 4.79. The number of aliphatic carboxylic acids is 1. The van der Waals surface area contributed by atoms with Gasteiger partial charge in [-0.2, -0.15) is 0 Å². The Labute approximate surface area is 125 Å². The first-order valence-corrected chi connectivity index (χ1v) is 7.65. The van der Waals surface area contributed by atoms with Crippen molar-refractivity contribution in [3.05, 3.63) is 36.0 Å². The highest BCUT2D eigenvalue weighted by molar-refractivity contribution is 5.84. The Balaban J connectivity index is 1.87. The van der Waals surface area contributed by atoms with Crippen LogP contribution in [-0.4, -0.2) is 33.1 Å². The largest absolute Gasteiger partial charge is 0.481 e. The molecule has 112 valence electrons. The van der Waals surface area contributed by atoms with Gasteiger partial charge in [0, 0.05) is 36.2 Å². The lowest BCUT2D eigenvalue weighted by Crippen LogP contribution is -2.32. The Hall–Kier alpha value is -1.81. The van der Waals surface area contributed by atoms with E-state index in [1.807, 2.05) is 6.92 Å². The number of para-hydroxylation sites is 1. The zero-order chi connectivity index (χ0) is 15.0. The second-order valence-electron chi connectivity index (χ2n) is 5.90. The van der Waals surface area contributed by atoms with Crippen LogP contribution in [0.3, 0.4) is 0 Å². The molecule has 0 spiro atoms. The van der Waals surface area contributed by atoms with Crippen molar-refractivity contribution in [3.63, 3.8) is 0 Å². The molecule has 2 heterocycles. The normalized spacial score (nSPS) is 23.0. The first kappa shape index (κ1) is 14.1. The molecule has 4 nitrogen and oxygen atoms in total. The van der Waals surface area contributed by atoms with Crippen LogP contribution in [-0.2, 0) is 17.9 Å². The molecule has 1 aliphatic rings. The number of carboxylic acids is 1. The fourth-order valence-electron chi connectivity index (χ4n) is 3.49. The van der Waals surface area contributed by atoms with E-state index in [1.165, 1.54) is 16.5 Å². The number of rotatable bonds is 4. The predicted molar refractivity (Wildman–Crippen MR) is 83.2 cm³/mol. The number of likely N-dealkylation sites (tertiary alicyclic amines) is 1. The van der Waals surface area contributed by atoms with Gasteiger partial charge in [-0.05, 0) is 38.4 Å². The van der Waals surface area contributed by atoms with Gasteiger partial charge in [0.25, 0.3) is 0 Å². The van der Waals surface area contributed by atoms with Gasteiger partial charge in [-0.3, -0.25) is 9.69 Å². The molecule has 1 aromatic carbocycles. The summed E-state index contributed by atoms with van der Waals surface area (Å²) in [7, 11) is 0. The van der Waals surface area contributed by atoms with Crippen LogP contribution >= 0.6 is 0 Å². The summed E-state index contributed by atoms with van der Waals surface area (Å²) in [5.74, 6) is -0.898. The minimum atomic E-state index is -0.666. The number of aromatic nitrogens is 1. The van der Waals surface area contributed by atoms with Crippen molar-refractivity contribution in [1.29, 1.82) is 0 Å². The summed E-state index contributed by atoms with van der Waals surface area (Å²) in [5.41, 5.74) is 2.56. The summed E-state index contributed by atoms with van der Waals surface area (Å²) in [6, 6.07) is 8.55. The fraction of sp³-hybridized carbons (Fsp3) is 0.471. The van der Waals surface area contributed by atoms with E-state index in [1.54, 1.807) is 0 Å². The van der Waals surface area contributed by atoms with E-state index in [2.05, 4.69) is 46.9 Å². The van der Waals surface area contributed by atoms with Crippen molar-refractivity contribution in [2.75, 3.05) is 6.54 Å². The molecule has 0 aliphatic carbocycles. The molecular formula is C17H22N2O2.